The summed E-state index contributed by atoms with van der Waals surface area (Å²) in [6.45, 7) is 0.719. The Morgan fingerprint density at radius 1 is 1.29 bits per heavy atom. The molecule has 1 amide bonds. The van der Waals surface area contributed by atoms with E-state index in [1.165, 1.54) is 11.0 Å². The number of aldehydes is 1. The summed E-state index contributed by atoms with van der Waals surface area (Å²) in [4.78, 5) is 24.6. The third-order valence-electron chi connectivity index (χ3n) is 3.71. The average molecular weight is 329 g/mol. The van der Waals surface area contributed by atoms with Crippen LogP contribution >= 0.6 is 0 Å². The Morgan fingerprint density at radius 3 is 2.83 bits per heavy atom. The highest BCUT2D eigenvalue weighted by atomic mass is 19.1. The van der Waals surface area contributed by atoms with Crippen molar-refractivity contribution < 1.29 is 23.5 Å². The molecule has 0 aliphatic carbocycles. The standard InChI is InChI=1S/C18H16FNO4/c19-16-9-14(11-21)8-15-10-20(6-7-23-17(15)16)18(22)24-12-13-4-2-1-3-5-13/h1-5,8-9,11H,6-7,10,12H2. The van der Waals surface area contributed by atoms with Crippen LogP contribution in [0.25, 0.3) is 0 Å². The van der Waals surface area contributed by atoms with Gasteiger partial charge in [0.2, 0.25) is 0 Å². The summed E-state index contributed by atoms with van der Waals surface area (Å²) >= 11 is 0. The monoisotopic (exact) mass is 329 g/mol. The van der Waals surface area contributed by atoms with E-state index in [-0.39, 0.29) is 37.6 Å². The molecule has 6 heteroatoms. The Balaban J connectivity index is 1.72. The van der Waals surface area contributed by atoms with Crippen LogP contribution in [-0.2, 0) is 17.9 Å². The maximum atomic E-state index is 14.0. The SMILES string of the molecule is O=Cc1cc(F)c2c(c1)CN(C(=O)OCc1ccccc1)CCO2. The maximum absolute atomic E-state index is 14.0. The zero-order chi connectivity index (χ0) is 16.9. The van der Waals surface area contributed by atoms with Crippen molar-refractivity contribution in [3.05, 3.63) is 65.0 Å². The molecule has 0 spiro atoms. The average Bonchev–Trinajstić information content (AvgIpc) is 2.83. The van der Waals surface area contributed by atoms with Gasteiger partial charge in [-0.15, -0.1) is 0 Å². The molecule has 5 nitrogen and oxygen atoms in total. The lowest BCUT2D eigenvalue weighted by Gasteiger charge is -2.19. The molecule has 0 unspecified atom stereocenters. The lowest BCUT2D eigenvalue weighted by atomic mass is 10.1. The molecule has 0 bridgehead atoms. The number of benzene rings is 2. The van der Waals surface area contributed by atoms with E-state index in [0.29, 0.717) is 11.8 Å². The summed E-state index contributed by atoms with van der Waals surface area (Å²) < 4.78 is 24.7. The number of hydrogen-bond donors (Lipinski definition) is 0. The van der Waals surface area contributed by atoms with Gasteiger partial charge in [0, 0.05) is 11.1 Å². The molecule has 0 N–H and O–H groups in total. The molecule has 24 heavy (non-hydrogen) atoms. The van der Waals surface area contributed by atoms with Gasteiger partial charge < -0.3 is 14.4 Å². The molecule has 0 saturated heterocycles. The van der Waals surface area contributed by atoms with E-state index in [1.54, 1.807) is 0 Å². The number of ether oxygens (including phenoxy) is 2. The first-order chi connectivity index (χ1) is 11.7. The number of carbonyl (C=O) groups is 2. The molecule has 0 atom stereocenters. The molecule has 1 aliphatic heterocycles. The van der Waals surface area contributed by atoms with Crippen LogP contribution in [0.2, 0.25) is 0 Å². The van der Waals surface area contributed by atoms with Gasteiger partial charge in [-0.2, -0.15) is 0 Å². The van der Waals surface area contributed by atoms with E-state index < -0.39 is 11.9 Å². The van der Waals surface area contributed by atoms with E-state index in [1.807, 2.05) is 30.3 Å². The Hall–Kier alpha value is -2.89. The van der Waals surface area contributed by atoms with Gasteiger partial charge >= 0.3 is 6.09 Å². The molecule has 0 aromatic heterocycles. The normalized spacial score (nSPS) is 13.5. The minimum Gasteiger partial charge on any atom is -0.488 e. The number of amides is 1. The molecular formula is C18H16FNO4. The fraction of sp³-hybridized carbons (Fsp3) is 0.222. The highest BCUT2D eigenvalue weighted by molar-refractivity contribution is 5.76. The minimum atomic E-state index is -0.603. The zero-order valence-electron chi connectivity index (χ0n) is 12.9. The first-order valence-corrected chi connectivity index (χ1v) is 7.53. The Kier molecular flexibility index (Phi) is 4.74. The minimum absolute atomic E-state index is 0.0824. The van der Waals surface area contributed by atoms with E-state index in [0.717, 1.165) is 11.6 Å². The molecule has 0 fully saturated rings. The van der Waals surface area contributed by atoms with Crippen LogP contribution in [-0.4, -0.2) is 30.4 Å². The van der Waals surface area contributed by atoms with Crippen LogP contribution in [0, 0.1) is 5.82 Å². The number of rotatable bonds is 3. The summed E-state index contributed by atoms with van der Waals surface area (Å²) in [7, 11) is 0. The van der Waals surface area contributed by atoms with Gasteiger partial charge in [-0.05, 0) is 17.7 Å². The molecule has 1 aliphatic rings. The van der Waals surface area contributed by atoms with Crippen molar-refractivity contribution in [2.75, 3.05) is 13.2 Å². The summed E-state index contributed by atoms with van der Waals surface area (Å²) in [6.07, 6.45) is 0.0546. The van der Waals surface area contributed by atoms with Crippen LogP contribution in [0.1, 0.15) is 21.5 Å². The van der Waals surface area contributed by atoms with Crippen molar-refractivity contribution in [1.29, 1.82) is 0 Å². The Morgan fingerprint density at radius 2 is 2.08 bits per heavy atom. The highest BCUT2D eigenvalue weighted by Crippen LogP contribution is 2.28. The van der Waals surface area contributed by atoms with Crippen molar-refractivity contribution in [2.24, 2.45) is 0 Å². The number of nitrogens with zero attached hydrogens (tertiary/aromatic N) is 1. The molecule has 124 valence electrons. The highest BCUT2D eigenvalue weighted by Gasteiger charge is 2.23. The summed E-state index contributed by atoms with van der Waals surface area (Å²) in [5.74, 6) is -0.520. The molecular weight excluding hydrogens is 313 g/mol. The van der Waals surface area contributed by atoms with Crippen molar-refractivity contribution >= 4 is 12.4 Å². The van der Waals surface area contributed by atoms with Crippen LogP contribution in [0.5, 0.6) is 5.75 Å². The third kappa shape index (κ3) is 3.53. The fourth-order valence-electron chi connectivity index (χ4n) is 2.53. The van der Waals surface area contributed by atoms with Crippen LogP contribution in [0.15, 0.2) is 42.5 Å². The van der Waals surface area contributed by atoms with E-state index in [2.05, 4.69) is 0 Å². The predicted molar refractivity (Wildman–Crippen MR) is 84.3 cm³/mol. The van der Waals surface area contributed by atoms with Gasteiger partial charge in [0.25, 0.3) is 0 Å². The predicted octanol–water partition coefficient (Wildman–Crippen LogP) is 3.17. The van der Waals surface area contributed by atoms with Gasteiger partial charge in [0.15, 0.2) is 11.6 Å². The number of fused-ring (bicyclic) bond motifs is 1. The van der Waals surface area contributed by atoms with Gasteiger partial charge in [0.1, 0.15) is 19.5 Å². The van der Waals surface area contributed by atoms with Gasteiger partial charge in [-0.25, -0.2) is 9.18 Å². The van der Waals surface area contributed by atoms with Crippen LogP contribution in [0.4, 0.5) is 9.18 Å². The summed E-state index contributed by atoms with van der Waals surface area (Å²) in [5.41, 5.74) is 1.53. The molecule has 0 radical (unpaired) electrons. The molecule has 3 rings (SSSR count). The van der Waals surface area contributed by atoms with Crippen molar-refractivity contribution in [2.45, 2.75) is 13.2 Å². The molecule has 1 heterocycles. The Bertz CT molecular complexity index is 748. The summed E-state index contributed by atoms with van der Waals surface area (Å²) in [5, 5.41) is 0. The second-order valence-electron chi connectivity index (χ2n) is 5.42. The topological polar surface area (TPSA) is 55.8 Å². The number of carbonyl (C=O) groups excluding carboxylic acids is 2. The van der Waals surface area contributed by atoms with E-state index >= 15 is 0 Å². The zero-order valence-corrected chi connectivity index (χ0v) is 12.9. The molecule has 0 saturated carbocycles. The number of hydrogen-bond acceptors (Lipinski definition) is 4. The van der Waals surface area contributed by atoms with Crippen molar-refractivity contribution in [1.82, 2.24) is 4.90 Å². The first kappa shape index (κ1) is 16.0. The van der Waals surface area contributed by atoms with Gasteiger partial charge in [-0.3, -0.25) is 4.79 Å². The summed E-state index contributed by atoms with van der Waals surface area (Å²) in [6, 6.07) is 12.0. The lowest BCUT2D eigenvalue weighted by molar-refractivity contribution is 0.0912. The van der Waals surface area contributed by atoms with E-state index in [4.69, 9.17) is 9.47 Å². The quantitative estimate of drug-likeness (QED) is 0.812. The second-order valence-corrected chi connectivity index (χ2v) is 5.42. The first-order valence-electron chi connectivity index (χ1n) is 7.53. The fourth-order valence-corrected chi connectivity index (χ4v) is 2.53. The van der Waals surface area contributed by atoms with Gasteiger partial charge in [-0.1, -0.05) is 30.3 Å². The van der Waals surface area contributed by atoms with Crippen molar-refractivity contribution in [3.63, 3.8) is 0 Å². The Labute approximate surface area is 138 Å². The second kappa shape index (κ2) is 7.12. The van der Waals surface area contributed by atoms with Crippen molar-refractivity contribution in [3.8, 4) is 5.75 Å². The van der Waals surface area contributed by atoms with Gasteiger partial charge in [0.05, 0.1) is 13.1 Å². The van der Waals surface area contributed by atoms with E-state index in [9.17, 15) is 14.0 Å². The van der Waals surface area contributed by atoms with Crippen LogP contribution in [0.3, 0.4) is 0 Å². The number of halogens is 1. The maximum Gasteiger partial charge on any atom is 0.410 e. The molecule has 2 aromatic rings. The third-order valence-corrected chi connectivity index (χ3v) is 3.71. The van der Waals surface area contributed by atoms with Crippen LogP contribution < -0.4 is 4.74 Å². The molecule has 2 aromatic carbocycles. The largest absolute Gasteiger partial charge is 0.488 e. The lowest BCUT2D eigenvalue weighted by Crippen LogP contribution is -2.32. The smallest absolute Gasteiger partial charge is 0.410 e.